The highest BCUT2D eigenvalue weighted by Crippen LogP contribution is 2.35. The number of piperidine rings is 1. The summed E-state index contributed by atoms with van der Waals surface area (Å²) in [7, 11) is 0. The first-order valence-corrected chi connectivity index (χ1v) is 6.92. The van der Waals surface area contributed by atoms with Crippen molar-refractivity contribution in [1.29, 1.82) is 0 Å². The molecule has 0 spiro atoms. The summed E-state index contributed by atoms with van der Waals surface area (Å²) in [6.45, 7) is 0.893. The van der Waals surface area contributed by atoms with Gasteiger partial charge in [0, 0.05) is 18.7 Å². The highest BCUT2D eigenvalue weighted by molar-refractivity contribution is 5.80. The van der Waals surface area contributed by atoms with E-state index in [-0.39, 0.29) is 12.0 Å². The van der Waals surface area contributed by atoms with Gasteiger partial charge in [-0.2, -0.15) is 0 Å². The van der Waals surface area contributed by atoms with Gasteiger partial charge in [-0.05, 0) is 38.2 Å². The average molecular weight is 245 g/mol. The molecule has 1 atom stereocenters. The van der Waals surface area contributed by atoms with Gasteiger partial charge in [-0.1, -0.05) is 6.42 Å². The molecule has 0 N–H and O–H groups in total. The van der Waals surface area contributed by atoms with Crippen LogP contribution in [0.25, 0.3) is 0 Å². The minimum atomic E-state index is 0.176. The van der Waals surface area contributed by atoms with E-state index in [1.807, 2.05) is 6.07 Å². The number of rotatable bonds is 2. The first-order valence-electron chi connectivity index (χ1n) is 6.92. The topological polar surface area (TPSA) is 46.1 Å². The number of carbonyl (C=O) groups excluding carboxylic acids is 1. The zero-order chi connectivity index (χ0) is 12.4. The van der Waals surface area contributed by atoms with E-state index in [1.54, 1.807) is 12.5 Å². The molecule has 1 aromatic heterocycles. The lowest BCUT2D eigenvalue weighted by atomic mass is 9.83. The number of carbonyl (C=O) groups is 1. The molecule has 0 bridgehead atoms. The minimum Gasteiger partial charge on any atom is -0.334 e. The number of aromatic nitrogens is 2. The monoisotopic (exact) mass is 245 g/mol. The molecule has 2 fully saturated rings. The largest absolute Gasteiger partial charge is 0.334 e. The Morgan fingerprint density at radius 2 is 2.11 bits per heavy atom. The number of hydrogen-bond acceptors (Lipinski definition) is 3. The van der Waals surface area contributed by atoms with E-state index in [2.05, 4.69) is 14.9 Å². The first kappa shape index (κ1) is 11.6. The summed E-state index contributed by atoms with van der Waals surface area (Å²) in [4.78, 5) is 22.8. The van der Waals surface area contributed by atoms with Crippen molar-refractivity contribution in [2.75, 3.05) is 6.54 Å². The molecule has 0 aromatic carbocycles. The molecule has 2 aliphatic rings. The molecule has 1 aromatic rings. The Morgan fingerprint density at radius 1 is 1.22 bits per heavy atom. The Hall–Kier alpha value is -1.45. The van der Waals surface area contributed by atoms with Crippen LogP contribution in [-0.2, 0) is 4.79 Å². The molecular formula is C14H19N3O. The summed E-state index contributed by atoms with van der Waals surface area (Å²) in [5.41, 5.74) is 0.998. The van der Waals surface area contributed by atoms with Crippen molar-refractivity contribution in [3.8, 4) is 0 Å². The number of likely N-dealkylation sites (tertiary alicyclic amines) is 1. The lowest BCUT2D eigenvalue weighted by molar-refractivity contribution is -0.142. The van der Waals surface area contributed by atoms with Crippen LogP contribution in [0.2, 0.25) is 0 Å². The van der Waals surface area contributed by atoms with Crippen molar-refractivity contribution in [3.05, 3.63) is 24.3 Å². The predicted octanol–water partition coefficient (Wildman–Crippen LogP) is 2.33. The lowest BCUT2D eigenvalue weighted by Crippen LogP contribution is -2.43. The highest BCUT2D eigenvalue weighted by atomic mass is 16.2. The molecule has 18 heavy (non-hydrogen) atoms. The van der Waals surface area contributed by atoms with Crippen LogP contribution < -0.4 is 0 Å². The molecule has 1 aliphatic heterocycles. The third-order valence-corrected chi connectivity index (χ3v) is 4.19. The van der Waals surface area contributed by atoms with Gasteiger partial charge in [0.25, 0.3) is 0 Å². The summed E-state index contributed by atoms with van der Waals surface area (Å²) < 4.78 is 0. The number of hydrogen-bond donors (Lipinski definition) is 0. The fourth-order valence-corrected chi connectivity index (χ4v) is 2.89. The van der Waals surface area contributed by atoms with Crippen LogP contribution in [0.1, 0.15) is 50.3 Å². The van der Waals surface area contributed by atoms with E-state index in [1.165, 1.54) is 12.8 Å². The van der Waals surface area contributed by atoms with E-state index < -0.39 is 0 Å². The van der Waals surface area contributed by atoms with Crippen LogP contribution in [0.4, 0.5) is 0 Å². The van der Waals surface area contributed by atoms with Gasteiger partial charge < -0.3 is 4.90 Å². The van der Waals surface area contributed by atoms with Crippen molar-refractivity contribution in [3.63, 3.8) is 0 Å². The normalized spacial score (nSPS) is 24.7. The summed E-state index contributed by atoms with van der Waals surface area (Å²) in [5, 5.41) is 0. The molecule has 4 heteroatoms. The van der Waals surface area contributed by atoms with Gasteiger partial charge in [-0.3, -0.25) is 4.79 Å². The maximum absolute atomic E-state index is 12.4. The smallest absolute Gasteiger partial charge is 0.226 e. The average Bonchev–Trinajstić information content (AvgIpc) is 2.38. The summed E-state index contributed by atoms with van der Waals surface area (Å²) in [6, 6.07) is 2.12. The molecule has 0 unspecified atom stereocenters. The van der Waals surface area contributed by atoms with E-state index in [4.69, 9.17) is 0 Å². The standard InChI is InChI=1S/C14H19N3O/c18-14(11-4-3-5-11)17-9-2-1-6-13(17)12-7-8-15-10-16-12/h7-8,10-11,13H,1-6,9H2/t13-/m1/s1. The van der Waals surface area contributed by atoms with Gasteiger partial charge in [0.15, 0.2) is 0 Å². The Labute approximate surface area is 107 Å². The molecule has 1 aliphatic carbocycles. The zero-order valence-corrected chi connectivity index (χ0v) is 10.6. The summed E-state index contributed by atoms with van der Waals surface area (Å²) >= 11 is 0. The van der Waals surface area contributed by atoms with E-state index >= 15 is 0 Å². The second kappa shape index (κ2) is 5.04. The van der Waals surface area contributed by atoms with Gasteiger partial charge in [0.1, 0.15) is 6.33 Å². The Balaban J connectivity index is 1.79. The summed E-state index contributed by atoms with van der Waals surface area (Å²) in [5.74, 6) is 0.636. The molecular weight excluding hydrogens is 226 g/mol. The number of amides is 1. The second-order valence-corrected chi connectivity index (χ2v) is 5.31. The fourth-order valence-electron chi connectivity index (χ4n) is 2.89. The zero-order valence-electron chi connectivity index (χ0n) is 10.6. The fraction of sp³-hybridized carbons (Fsp3) is 0.643. The quantitative estimate of drug-likeness (QED) is 0.803. The third kappa shape index (κ3) is 2.11. The van der Waals surface area contributed by atoms with E-state index in [0.29, 0.717) is 5.91 Å². The molecule has 2 heterocycles. The van der Waals surface area contributed by atoms with Crippen LogP contribution in [0.15, 0.2) is 18.6 Å². The summed E-state index contributed by atoms with van der Waals surface area (Å²) in [6.07, 6.45) is 10.1. The molecule has 0 radical (unpaired) electrons. The predicted molar refractivity (Wildman–Crippen MR) is 67.7 cm³/mol. The van der Waals surface area contributed by atoms with Crippen LogP contribution in [-0.4, -0.2) is 27.3 Å². The SMILES string of the molecule is O=C(C1CCC1)N1CCCC[C@@H]1c1ccncn1. The lowest BCUT2D eigenvalue weighted by Gasteiger charge is -2.39. The Morgan fingerprint density at radius 3 is 2.78 bits per heavy atom. The van der Waals surface area contributed by atoms with Crippen LogP contribution in [0, 0.1) is 5.92 Å². The van der Waals surface area contributed by atoms with E-state index in [9.17, 15) is 4.79 Å². The third-order valence-electron chi connectivity index (χ3n) is 4.19. The molecule has 1 saturated carbocycles. The molecule has 1 amide bonds. The van der Waals surface area contributed by atoms with Crippen molar-refractivity contribution in [2.45, 2.75) is 44.6 Å². The molecule has 4 nitrogen and oxygen atoms in total. The highest BCUT2D eigenvalue weighted by Gasteiger charge is 2.35. The number of nitrogens with zero attached hydrogens (tertiary/aromatic N) is 3. The van der Waals surface area contributed by atoms with Crippen LogP contribution >= 0.6 is 0 Å². The van der Waals surface area contributed by atoms with E-state index in [0.717, 1.165) is 37.9 Å². The van der Waals surface area contributed by atoms with Gasteiger partial charge in [-0.25, -0.2) is 9.97 Å². The molecule has 3 rings (SSSR count). The van der Waals surface area contributed by atoms with Crippen LogP contribution in [0.5, 0.6) is 0 Å². The maximum Gasteiger partial charge on any atom is 0.226 e. The van der Waals surface area contributed by atoms with Crippen molar-refractivity contribution >= 4 is 5.91 Å². The molecule has 96 valence electrons. The van der Waals surface area contributed by atoms with Crippen molar-refractivity contribution < 1.29 is 4.79 Å². The van der Waals surface area contributed by atoms with Gasteiger partial charge >= 0.3 is 0 Å². The minimum absolute atomic E-state index is 0.176. The first-order chi connectivity index (χ1) is 8.86. The van der Waals surface area contributed by atoms with Gasteiger partial charge in [-0.15, -0.1) is 0 Å². The van der Waals surface area contributed by atoms with Gasteiger partial charge in [0.2, 0.25) is 5.91 Å². The molecule has 1 saturated heterocycles. The Bertz CT molecular complexity index is 416. The Kier molecular flexibility index (Phi) is 3.26. The van der Waals surface area contributed by atoms with Crippen molar-refractivity contribution in [2.24, 2.45) is 5.92 Å². The maximum atomic E-state index is 12.4. The van der Waals surface area contributed by atoms with Crippen molar-refractivity contribution in [1.82, 2.24) is 14.9 Å². The van der Waals surface area contributed by atoms with Gasteiger partial charge in [0.05, 0.1) is 11.7 Å². The van der Waals surface area contributed by atoms with Crippen LogP contribution in [0.3, 0.4) is 0 Å². The second-order valence-electron chi connectivity index (χ2n) is 5.31.